The lowest BCUT2D eigenvalue weighted by molar-refractivity contribution is 1.07. The molecule has 0 saturated heterocycles. The molecule has 0 radical (unpaired) electrons. The Kier molecular flexibility index (Phi) is 5.17. The molecule has 0 atom stereocenters. The number of fused-ring (bicyclic) bond motifs is 5. The van der Waals surface area contributed by atoms with Crippen LogP contribution in [0.5, 0.6) is 0 Å². The van der Waals surface area contributed by atoms with E-state index in [1.165, 1.54) is 60.2 Å². The van der Waals surface area contributed by atoms with Gasteiger partial charge < -0.3 is 0 Å². The standard InChI is InChI=1S/C35H30N2Si/c1-25-21-23-27(24-22-25)38(2,3)33-20-12-11-19-32(33)37-31-18-10-8-16-29(31)34-28-15-7-9-17-30(28)36(35(34)37)26-13-5-4-6-14-26/h4-24H,1-3H3. The molecule has 0 aliphatic rings. The minimum atomic E-state index is -2.02. The number of para-hydroxylation sites is 4. The lowest BCUT2D eigenvalue weighted by atomic mass is 10.1. The van der Waals surface area contributed by atoms with Crippen molar-refractivity contribution in [3.63, 3.8) is 0 Å². The zero-order valence-corrected chi connectivity index (χ0v) is 23.0. The first-order chi connectivity index (χ1) is 18.6. The Labute approximate surface area is 224 Å². The minimum absolute atomic E-state index is 1.18. The lowest BCUT2D eigenvalue weighted by Gasteiger charge is -2.27. The van der Waals surface area contributed by atoms with Crippen LogP contribution >= 0.6 is 0 Å². The van der Waals surface area contributed by atoms with E-state index in [1.54, 1.807) is 0 Å². The Bertz CT molecular complexity index is 1940. The van der Waals surface area contributed by atoms with E-state index in [-0.39, 0.29) is 0 Å². The van der Waals surface area contributed by atoms with E-state index in [4.69, 9.17) is 0 Å². The van der Waals surface area contributed by atoms with Crippen molar-refractivity contribution in [2.24, 2.45) is 0 Å². The Balaban J connectivity index is 1.64. The highest BCUT2D eigenvalue weighted by molar-refractivity contribution is 7.01. The van der Waals surface area contributed by atoms with E-state index in [0.29, 0.717) is 0 Å². The van der Waals surface area contributed by atoms with Crippen molar-refractivity contribution in [2.75, 3.05) is 0 Å². The summed E-state index contributed by atoms with van der Waals surface area (Å²) < 4.78 is 4.97. The molecular weight excluding hydrogens is 476 g/mol. The number of benzene rings is 5. The Morgan fingerprint density at radius 2 is 1.08 bits per heavy atom. The Morgan fingerprint density at radius 1 is 0.526 bits per heavy atom. The number of hydrogen-bond donors (Lipinski definition) is 0. The fourth-order valence-electron chi connectivity index (χ4n) is 6.10. The van der Waals surface area contributed by atoms with Crippen LogP contribution in [0.1, 0.15) is 5.56 Å². The molecule has 0 N–H and O–H groups in total. The molecule has 7 aromatic rings. The number of aromatic nitrogens is 2. The molecule has 0 aliphatic heterocycles. The fraction of sp³-hybridized carbons (Fsp3) is 0.0857. The van der Waals surface area contributed by atoms with Crippen LogP contribution in [-0.4, -0.2) is 17.2 Å². The van der Waals surface area contributed by atoms with Gasteiger partial charge >= 0.3 is 0 Å². The van der Waals surface area contributed by atoms with Crippen molar-refractivity contribution in [1.82, 2.24) is 9.13 Å². The highest BCUT2D eigenvalue weighted by Crippen LogP contribution is 2.40. The third-order valence-corrected chi connectivity index (χ3v) is 11.6. The number of hydrogen-bond acceptors (Lipinski definition) is 0. The minimum Gasteiger partial charge on any atom is -0.295 e. The smallest absolute Gasteiger partial charge is 0.131 e. The molecule has 0 unspecified atom stereocenters. The summed E-state index contributed by atoms with van der Waals surface area (Å²) in [4.78, 5) is 0. The van der Waals surface area contributed by atoms with Gasteiger partial charge in [-0.3, -0.25) is 9.13 Å². The second kappa shape index (κ2) is 8.61. The maximum Gasteiger partial charge on any atom is 0.131 e. The predicted octanol–water partition coefficient (Wildman–Crippen LogP) is 7.86. The maximum atomic E-state index is 2.52. The van der Waals surface area contributed by atoms with Gasteiger partial charge in [0.25, 0.3) is 0 Å². The first-order valence-corrected chi connectivity index (χ1v) is 16.3. The zero-order valence-electron chi connectivity index (χ0n) is 22.0. The van der Waals surface area contributed by atoms with E-state index in [0.717, 1.165) is 0 Å². The average Bonchev–Trinajstić information content (AvgIpc) is 3.46. The zero-order chi connectivity index (χ0) is 25.9. The van der Waals surface area contributed by atoms with E-state index in [9.17, 15) is 0 Å². The van der Waals surface area contributed by atoms with Crippen molar-refractivity contribution >= 4 is 51.3 Å². The summed E-state index contributed by atoms with van der Waals surface area (Å²) >= 11 is 0. The highest BCUT2D eigenvalue weighted by atomic mass is 28.3. The molecule has 2 nitrogen and oxygen atoms in total. The fourth-order valence-corrected chi connectivity index (χ4v) is 8.76. The van der Waals surface area contributed by atoms with Crippen LogP contribution in [0.2, 0.25) is 13.1 Å². The van der Waals surface area contributed by atoms with Gasteiger partial charge in [-0.15, -0.1) is 0 Å². The van der Waals surface area contributed by atoms with Gasteiger partial charge in [0, 0.05) is 27.5 Å². The maximum absolute atomic E-state index is 2.52. The van der Waals surface area contributed by atoms with Gasteiger partial charge in [-0.05, 0) is 42.4 Å². The third kappa shape index (κ3) is 3.32. The molecule has 0 bridgehead atoms. The molecule has 0 fully saturated rings. The predicted molar refractivity (Wildman–Crippen MR) is 166 cm³/mol. The molecule has 2 heterocycles. The summed E-state index contributed by atoms with van der Waals surface area (Å²) in [5, 5.41) is 6.78. The van der Waals surface area contributed by atoms with Crippen LogP contribution in [0.4, 0.5) is 0 Å². The summed E-state index contributed by atoms with van der Waals surface area (Å²) in [5.74, 6) is 0. The van der Waals surface area contributed by atoms with Crippen molar-refractivity contribution in [3.05, 3.63) is 133 Å². The van der Waals surface area contributed by atoms with E-state index in [1.807, 2.05) is 0 Å². The van der Waals surface area contributed by atoms with Crippen LogP contribution in [0.25, 0.3) is 44.2 Å². The van der Waals surface area contributed by atoms with Gasteiger partial charge in [-0.1, -0.05) is 121 Å². The summed E-state index contributed by atoms with van der Waals surface area (Å²) in [6.45, 7) is 7.12. The van der Waals surface area contributed by atoms with E-state index < -0.39 is 8.07 Å². The van der Waals surface area contributed by atoms with Gasteiger partial charge in [0.2, 0.25) is 0 Å². The molecule has 0 saturated carbocycles. The van der Waals surface area contributed by atoms with Crippen LogP contribution < -0.4 is 10.4 Å². The van der Waals surface area contributed by atoms with Crippen molar-refractivity contribution in [2.45, 2.75) is 20.0 Å². The van der Waals surface area contributed by atoms with Crippen LogP contribution in [0, 0.1) is 6.92 Å². The topological polar surface area (TPSA) is 9.86 Å². The van der Waals surface area contributed by atoms with Gasteiger partial charge in [0.15, 0.2) is 0 Å². The number of rotatable bonds is 4. The van der Waals surface area contributed by atoms with E-state index in [2.05, 4.69) is 157 Å². The Hall–Kier alpha value is -4.34. The molecule has 0 spiro atoms. The van der Waals surface area contributed by atoms with Gasteiger partial charge in [-0.25, -0.2) is 0 Å². The van der Waals surface area contributed by atoms with Gasteiger partial charge in [0.1, 0.15) is 13.7 Å². The molecule has 0 amide bonds. The molecule has 7 rings (SSSR count). The normalized spacial score (nSPS) is 12.1. The van der Waals surface area contributed by atoms with Gasteiger partial charge in [0.05, 0.1) is 11.0 Å². The van der Waals surface area contributed by atoms with Crippen LogP contribution in [0.3, 0.4) is 0 Å². The monoisotopic (exact) mass is 506 g/mol. The summed E-state index contributed by atoms with van der Waals surface area (Å²) in [7, 11) is -2.02. The second-order valence-corrected chi connectivity index (χ2v) is 15.1. The Morgan fingerprint density at radius 3 is 1.76 bits per heavy atom. The van der Waals surface area contributed by atoms with Crippen molar-refractivity contribution in [1.29, 1.82) is 0 Å². The summed E-state index contributed by atoms with van der Waals surface area (Å²) in [6.07, 6.45) is 0. The lowest BCUT2D eigenvalue weighted by Crippen LogP contribution is -2.54. The van der Waals surface area contributed by atoms with Crippen LogP contribution in [0.15, 0.2) is 127 Å². The molecule has 2 aromatic heterocycles. The summed E-state index contributed by atoms with van der Waals surface area (Å²) in [5.41, 5.74) is 7.45. The van der Waals surface area contributed by atoms with E-state index >= 15 is 0 Å². The molecule has 0 aliphatic carbocycles. The second-order valence-electron chi connectivity index (χ2n) is 10.7. The first kappa shape index (κ1) is 22.8. The van der Waals surface area contributed by atoms with Crippen molar-refractivity contribution in [3.8, 4) is 11.4 Å². The summed E-state index contributed by atoms with van der Waals surface area (Å²) in [6, 6.07) is 46.7. The van der Waals surface area contributed by atoms with Gasteiger partial charge in [-0.2, -0.15) is 0 Å². The molecule has 184 valence electrons. The quantitative estimate of drug-likeness (QED) is 0.215. The SMILES string of the molecule is Cc1ccc([Si](C)(C)c2ccccc2-n2c3ccccc3c3c4ccccc4n(-c4ccccc4)c32)cc1. The molecule has 3 heteroatoms. The molecular formula is C35H30N2Si. The molecule has 38 heavy (non-hydrogen) atoms. The number of aryl methyl sites for hydroxylation is 1. The average molecular weight is 507 g/mol. The third-order valence-electron chi connectivity index (χ3n) is 8.08. The first-order valence-electron chi connectivity index (χ1n) is 13.3. The van der Waals surface area contributed by atoms with Crippen LogP contribution in [-0.2, 0) is 0 Å². The highest BCUT2D eigenvalue weighted by Gasteiger charge is 2.31. The molecule has 5 aromatic carbocycles. The largest absolute Gasteiger partial charge is 0.295 e. The van der Waals surface area contributed by atoms with Crippen molar-refractivity contribution < 1.29 is 0 Å². The number of nitrogens with zero attached hydrogens (tertiary/aromatic N) is 2.